The molecule has 0 saturated carbocycles. The summed E-state index contributed by atoms with van der Waals surface area (Å²) in [5.74, 6) is -0.697. The van der Waals surface area contributed by atoms with Gasteiger partial charge in [-0.05, 0) is 52.9 Å². The van der Waals surface area contributed by atoms with E-state index in [9.17, 15) is 24.7 Å². The number of carbonyl (C=O) groups is 3. The number of nitrogens with one attached hydrogen (secondary N) is 4. The number of Topliss-reactive ketones (excluding diaryl/α,β-unsaturated/α-hetero) is 1. The third kappa shape index (κ3) is 13.2. The van der Waals surface area contributed by atoms with Gasteiger partial charge in [0.15, 0.2) is 0 Å². The molecule has 0 aromatic rings. The molecule has 6 N–H and O–H groups in total. The number of hydrogen-bond acceptors (Lipinski definition) is 8. The number of aliphatic hydroxyl groups excluding tert-OH is 1. The van der Waals surface area contributed by atoms with Crippen LogP contribution in [0.5, 0.6) is 0 Å². The summed E-state index contributed by atoms with van der Waals surface area (Å²) in [6.07, 6.45) is -0.137. The van der Waals surface area contributed by atoms with Crippen molar-refractivity contribution in [1.29, 1.82) is 0 Å². The monoisotopic (exact) mass is 418 g/mol. The highest BCUT2D eigenvalue weighted by Gasteiger charge is 2.27. The maximum Gasteiger partial charge on any atom is 0.407 e. The molecule has 10 heteroatoms. The van der Waals surface area contributed by atoms with Gasteiger partial charge in [-0.15, -0.1) is 0 Å². The standard InChI is InChI=1S/C19H38N4O6/c1-12(2)15(23-28)17(26)22-14(16(25)21-11-13(3)24)9-7-8-10-20-18(27)29-19(4,5)6/h12,14-15,17,22-23,26,28H,7-11H2,1-6H3,(H,20,27)(H,21,25)/t14?,15-,17?/m0/s1. The minimum Gasteiger partial charge on any atom is -0.444 e. The van der Waals surface area contributed by atoms with Crippen molar-refractivity contribution in [2.24, 2.45) is 5.92 Å². The van der Waals surface area contributed by atoms with E-state index in [1.807, 2.05) is 19.3 Å². The predicted molar refractivity (Wildman–Crippen MR) is 108 cm³/mol. The Kier molecular flexibility index (Phi) is 12.7. The van der Waals surface area contributed by atoms with Crippen molar-refractivity contribution in [1.82, 2.24) is 21.4 Å². The molecule has 0 saturated heterocycles. The molecule has 0 radical (unpaired) electrons. The molecule has 0 aliphatic heterocycles. The van der Waals surface area contributed by atoms with Crippen LogP contribution in [0, 0.1) is 5.92 Å². The van der Waals surface area contributed by atoms with Crippen LogP contribution in [-0.2, 0) is 14.3 Å². The van der Waals surface area contributed by atoms with Gasteiger partial charge in [0, 0.05) is 6.54 Å². The zero-order valence-corrected chi connectivity index (χ0v) is 18.4. The predicted octanol–water partition coefficient (Wildman–Crippen LogP) is 0.667. The van der Waals surface area contributed by atoms with Gasteiger partial charge in [0.1, 0.15) is 17.6 Å². The number of ketones is 1. The molecule has 0 bridgehead atoms. The zero-order valence-electron chi connectivity index (χ0n) is 18.4. The van der Waals surface area contributed by atoms with E-state index in [1.165, 1.54) is 6.92 Å². The molecule has 0 aromatic heterocycles. The summed E-state index contributed by atoms with van der Waals surface area (Å²) in [5.41, 5.74) is 1.47. The number of hydroxylamine groups is 1. The number of amides is 2. The SMILES string of the molecule is CC(=O)CNC(=O)C(CCCCNC(=O)OC(C)(C)C)NC(O)[C@@H](NO)C(C)C. The van der Waals surface area contributed by atoms with Crippen molar-refractivity contribution in [2.45, 2.75) is 84.7 Å². The third-order valence-electron chi connectivity index (χ3n) is 4.00. The lowest BCUT2D eigenvalue weighted by Gasteiger charge is -2.29. The Hall–Kier alpha value is -1.75. The van der Waals surface area contributed by atoms with Crippen molar-refractivity contribution in [3.8, 4) is 0 Å². The third-order valence-corrected chi connectivity index (χ3v) is 4.00. The minimum atomic E-state index is -1.17. The molecule has 0 heterocycles. The fourth-order valence-corrected chi connectivity index (χ4v) is 2.50. The number of hydrogen-bond donors (Lipinski definition) is 6. The van der Waals surface area contributed by atoms with Crippen molar-refractivity contribution < 1.29 is 29.4 Å². The molecule has 0 fully saturated rings. The zero-order chi connectivity index (χ0) is 22.6. The van der Waals surface area contributed by atoms with Crippen LogP contribution >= 0.6 is 0 Å². The van der Waals surface area contributed by atoms with Crippen LogP contribution in [0.25, 0.3) is 0 Å². The quantitative estimate of drug-likeness (QED) is 0.145. The largest absolute Gasteiger partial charge is 0.444 e. The highest BCUT2D eigenvalue weighted by molar-refractivity contribution is 5.87. The first-order valence-electron chi connectivity index (χ1n) is 9.95. The Labute approximate surface area is 173 Å². The second-order valence-corrected chi connectivity index (χ2v) is 8.41. The highest BCUT2D eigenvalue weighted by Crippen LogP contribution is 2.09. The highest BCUT2D eigenvalue weighted by atomic mass is 16.6. The van der Waals surface area contributed by atoms with E-state index in [1.54, 1.807) is 20.8 Å². The topological polar surface area (TPSA) is 149 Å². The summed E-state index contributed by atoms with van der Waals surface area (Å²) >= 11 is 0. The van der Waals surface area contributed by atoms with Gasteiger partial charge in [-0.2, -0.15) is 5.48 Å². The van der Waals surface area contributed by atoms with E-state index in [0.29, 0.717) is 25.8 Å². The normalized spacial score (nSPS) is 14.8. The first-order chi connectivity index (χ1) is 13.4. The van der Waals surface area contributed by atoms with Gasteiger partial charge < -0.3 is 25.7 Å². The molecule has 0 aromatic carbocycles. The second kappa shape index (κ2) is 13.5. The van der Waals surface area contributed by atoms with E-state index >= 15 is 0 Å². The Morgan fingerprint density at radius 3 is 2.17 bits per heavy atom. The molecule has 0 rings (SSSR count). The molecule has 2 amide bonds. The maximum absolute atomic E-state index is 12.4. The molecule has 0 spiro atoms. The average Bonchev–Trinajstić information content (AvgIpc) is 2.56. The van der Waals surface area contributed by atoms with Crippen LogP contribution in [0.15, 0.2) is 0 Å². The lowest BCUT2D eigenvalue weighted by Crippen LogP contribution is -2.56. The van der Waals surface area contributed by atoms with Crippen LogP contribution in [0.4, 0.5) is 4.79 Å². The molecule has 29 heavy (non-hydrogen) atoms. The minimum absolute atomic E-state index is 0.0959. The van der Waals surface area contributed by atoms with Crippen LogP contribution in [-0.4, -0.2) is 65.1 Å². The summed E-state index contributed by atoms with van der Waals surface area (Å²) in [6, 6.07) is -1.44. The van der Waals surface area contributed by atoms with E-state index in [-0.39, 0.29) is 18.2 Å². The van der Waals surface area contributed by atoms with Gasteiger partial charge >= 0.3 is 6.09 Å². The molecule has 170 valence electrons. The van der Waals surface area contributed by atoms with Gasteiger partial charge in [-0.3, -0.25) is 14.9 Å². The number of unbranched alkanes of at least 4 members (excludes halogenated alkanes) is 1. The van der Waals surface area contributed by atoms with Gasteiger partial charge in [-0.25, -0.2) is 4.79 Å². The summed E-state index contributed by atoms with van der Waals surface area (Å²) in [7, 11) is 0. The summed E-state index contributed by atoms with van der Waals surface area (Å²) in [5, 5.41) is 27.5. The van der Waals surface area contributed by atoms with Gasteiger partial charge in [0.25, 0.3) is 0 Å². The molecular formula is C19H38N4O6. The number of carbonyl (C=O) groups excluding carboxylic acids is 3. The van der Waals surface area contributed by atoms with Crippen molar-refractivity contribution >= 4 is 17.8 Å². The number of aliphatic hydroxyl groups is 1. The smallest absolute Gasteiger partial charge is 0.407 e. The first kappa shape index (κ1) is 27.2. The van der Waals surface area contributed by atoms with Crippen LogP contribution in [0.2, 0.25) is 0 Å². The van der Waals surface area contributed by atoms with Crippen molar-refractivity contribution in [2.75, 3.05) is 13.1 Å². The Balaban J connectivity index is 4.64. The van der Waals surface area contributed by atoms with Gasteiger partial charge in [-0.1, -0.05) is 13.8 Å². The lowest BCUT2D eigenvalue weighted by atomic mass is 10.0. The second-order valence-electron chi connectivity index (χ2n) is 8.41. The summed E-state index contributed by atoms with van der Waals surface area (Å²) < 4.78 is 5.15. The van der Waals surface area contributed by atoms with E-state index in [2.05, 4.69) is 16.0 Å². The molecule has 2 unspecified atom stereocenters. The number of rotatable bonds is 13. The number of ether oxygens (including phenoxy) is 1. The molecular weight excluding hydrogens is 380 g/mol. The Morgan fingerprint density at radius 2 is 1.69 bits per heavy atom. The Bertz CT molecular complexity index is 521. The van der Waals surface area contributed by atoms with E-state index < -0.39 is 35.9 Å². The number of alkyl carbamates (subject to hydrolysis) is 1. The maximum atomic E-state index is 12.4. The fraction of sp³-hybridized carbons (Fsp3) is 0.842. The van der Waals surface area contributed by atoms with Crippen LogP contribution in [0.1, 0.15) is 60.8 Å². The fourth-order valence-electron chi connectivity index (χ4n) is 2.50. The lowest BCUT2D eigenvalue weighted by molar-refractivity contribution is -0.127. The summed E-state index contributed by atoms with van der Waals surface area (Å²) in [4.78, 5) is 35.1. The molecule has 10 nitrogen and oxygen atoms in total. The molecule has 3 atom stereocenters. The summed E-state index contributed by atoms with van der Waals surface area (Å²) in [6.45, 7) is 10.6. The van der Waals surface area contributed by atoms with Crippen molar-refractivity contribution in [3.05, 3.63) is 0 Å². The van der Waals surface area contributed by atoms with Gasteiger partial charge in [0.05, 0.1) is 18.6 Å². The van der Waals surface area contributed by atoms with Crippen LogP contribution < -0.4 is 21.4 Å². The molecule has 0 aliphatic carbocycles. The van der Waals surface area contributed by atoms with Gasteiger partial charge in [0.2, 0.25) is 5.91 Å². The van der Waals surface area contributed by atoms with Crippen LogP contribution in [0.3, 0.4) is 0 Å². The first-order valence-corrected chi connectivity index (χ1v) is 9.95. The molecule has 0 aliphatic rings. The van der Waals surface area contributed by atoms with E-state index in [0.717, 1.165) is 0 Å². The van der Waals surface area contributed by atoms with E-state index in [4.69, 9.17) is 4.74 Å². The average molecular weight is 419 g/mol. The Morgan fingerprint density at radius 1 is 1.07 bits per heavy atom. The van der Waals surface area contributed by atoms with Crippen molar-refractivity contribution in [3.63, 3.8) is 0 Å².